The first-order valence-electron chi connectivity index (χ1n) is 4.99. The lowest BCUT2D eigenvalue weighted by Gasteiger charge is -2.19. The topological polar surface area (TPSA) is 70.5 Å². The first kappa shape index (κ1) is 10.1. The average Bonchev–Trinajstić information content (AvgIpc) is 2.74. The monoisotopic (exact) mass is 236 g/mol. The number of halogens is 1. The number of aromatic nitrogens is 1. The number of fused-ring (bicyclic) bond motifs is 1. The van der Waals surface area contributed by atoms with Crippen LogP contribution in [-0.4, -0.2) is 11.9 Å². The first-order chi connectivity index (χ1) is 8.24. The van der Waals surface area contributed by atoms with Crippen molar-refractivity contribution < 1.29 is 18.4 Å². The Morgan fingerprint density at radius 1 is 1.29 bits per heavy atom. The molecule has 0 saturated carbocycles. The SMILES string of the molecule is Nc1cc(-c2cc(F)cc3c2OCOC3)no1. The van der Waals surface area contributed by atoms with Crippen LogP contribution in [0.15, 0.2) is 22.7 Å². The molecule has 6 heteroatoms. The van der Waals surface area contributed by atoms with E-state index in [4.69, 9.17) is 19.7 Å². The Morgan fingerprint density at radius 2 is 2.18 bits per heavy atom. The second kappa shape index (κ2) is 3.74. The third-order valence-electron chi connectivity index (χ3n) is 2.48. The maximum Gasteiger partial charge on any atom is 0.222 e. The van der Waals surface area contributed by atoms with Crippen molar-refractivity contribution in [2.75, 3.05) is 12.5 Å². The number of hydrogen-bond acceptors (Lipinski definition) is 5. The molecule has 0 unspecified atom stereocenters. The molecule has 0 saturated heterocycles. The highest BCUT2D eigenvalue weighted by molar-refractivity contribution is 5.70. The van der Waals surface area contributed by atoms with Gasteiger partial charge in [0.15, 0.2) is 6.79 Å². The fraction of sp³-hybridized carbons (Fsp3) is 0.182. The van der Waals surface area contributed by atoms with Gasteiger partial charge in [-0.1, -0.05) is 5.16 Å². The quantitative estimate of drug-likeness (QED) is 0.819. The van der Waals surface area contributed by atoms with Crippen molar-refractivity contribution in [3.63, 3.8) is 0 Å². The second-order valence-electron chi connectivity index (χ2n) is 3.67. The Hall–Kier alpha value is -2.08. The van der Waals surface area contributed by atoms with Crippen LogP contribution in [0.2, 0.25) is 0 Å². The summed E-state index contributed by atoms with van der Waals surface area (Å²) < 4.78 is 28.7. The summed E-state index contributed by atoms with van der Waals surface area (Å²) in [5.74, 6) is 0.352. The molecule has 1 aliphatic rings. The summed E-state index contributed by atoms with van der Waals surface area (Å²) in [6.45, 7) is 0.451. The summed E-state index contributed by atoms with van der Waals surface area (Å²) in [6, 6.07) is 4.23. The molecule has 88 valence electrons. The van der Waals surface area contributed by atoms with Crippen molar-refractivity contribution in [3.8, 4) is 17.0 Å². The van der Waals surface area contributed by atoms with Crippen molar-refractivity contribution >= 4 is 5.88 Å². The Morgan fingerprint density at radius 3 is 2.94 bits per heavy atom. The van der Waals surface area contributed by atoms with Crippen molar-refractivity contribution in [1.82, 2.24) is 5.16 Å². The minimum atomic E-state index is -0.380. The number of nitrogen functional groups attached to an aromatic ring is 1. The highest BCUT2D eigenvalue weighted by Crippen LogP contribution is 2.36. The van der Waals surface area contributed by atoms with Crippen LogP contribution >= 0.6 is 0 Å². The molecule has 0 bridgehead atoms. The van der Waals surface area contributed by atoms with Crippen molar-refractivity contribution in [1.29, 1.82) is 0 Å². The lowest BCUT2D eigenvalue weighted by atomic mass is 10.1. The zero-order valence-electron chi connectivity index (χ0n) is 8.77. The minimum absolute atomic E-state index is 0.138. The second-order valence-corrected chi connectivity index (χ2v) is 3.67. The fourth-order valence-corrected chi connectivity index (χ4v) is 1.79. The Kier molecular flexibility index (Phi) is 2.22. The van der Waals surface area contributed by atoms with E-state index in [-0.39, 0.29) is 18.5 Å². The number of ether oxygens (including phenoxy) is 2. The van der Waals surface area contributed by atoms with Gasteiger partial charge in [-0.25, -0.2) is 4.39 Å². The smallest absolute Gasteiger partial charge is 0.222 e. The zero-order chi connectivity index (χ0) is 11.8. The maximum atomic E-state index is 13.4. The standard InChI is InChI=1S/C11H9FN2O3/c12-7-1-6-4-15-5-16-11(6)8(2-7)9-3-10(13)17-14-9/h1-3H,4-5,13H2. The molecular formula is C11H9FN2O3. The van der Waals surface area contributed by atoms with Crippen LogP contribution in [0.5, 0.6) is 5.75 Å². The van der Waals surface area contributed by atoms with Gasteiger partial charge in [-0.15, -0.1) is 0 Å². The van der Waals surface area contributed by atoms with Crippen LogP contribution in [0.25, 0.3) is 11.3 Å². The van der Waals surface area contributed by atoms with Gasteiger partial charge < -0.3 is 19.7 Å². The number of nitrogens with two attached hydrogens (primary N) is 1. The first-order valence-corrected chi connectivity index (χ1v) is 4.99. The summed E-state index contributed by atoms with van der Waals surface area (Å²) in [5, 5.41) is 3.75. The summed E-state index contributed by atoms with van der Waals surface area (Å²) in [5.41, 5.74) is 7.05. The van der Waals surface area contributed by atoms with E-state index < -0.39 is 0 Å². The minimum Gasteiger partial charge on any atom is -0.466 e. The summed E-state index contributed by atoms with van der Waals surface area (Å²) in [6.07, 6.45) is 0. The average molecular weight is 236 g/mol. The number of nitrogens with zero attached hydrogens (tertiary/aromatic N) is 1. The van der Waals surface area contributed by atoms with Crippen LogP contribution in [0.1, 0.15) is 5.56 Å². The molecule has 0 radical (unpaired) electrons. The van der Waals surface area contributed by atoms with Crippen LogP contribution in [-0.2, 0) is 11.3 Å². The van der Waals surface area contributed by atoms with E-state index in [0.717, 1.165) is 0 Å². The van der Waals surface area contributed by atoms with Crippen molar-refractivity contribution in [3.05, 3.63) is 29.6 Å². The summed E-state index contributed by atoms with van der Waals surface area (Å²) in [7, 11) is 0. The summed E-state index contributed by atoms with van der Waals surface area (Å²) >= 11 is 0. The largest absolute Gasteiger partial charge is 0.466 e. The predicted molar refractivity (Wildman–Crippen MR) is 56.6 cm³/mol. The molecule has 0 spiro atoms. The lowest BCUT2D eigenvalue weighted by molar-refractivity contribution is -0.0161. The molecule has 1 aromatic heterocycles. The van der Waals surface area contributed by atoms with Gasteiger partial charge in [-0.2, -0.15) is 0 Å². The molecule has 17 heavy (non-hydrogen) atoms. The van der Waals surface area contributed by atoms with Crippen LogP contribution in [0, 0.1) is 5.82 Å². The predicted octanol–water partition coefficient (Wildman–Crippen LogP) is 1.93. The van der Waals surface area contributed by atoms with Crippen LogP contribution < -0.4 is 10.5 Å². The zero-order valence-corrected chi connectivity index (χ0v) is 8.77. The van der Waals surface area contributed by atoms with E-state index in [0.29, 0.717) is 29.2 Å². The van der Waals surface area contributed by atoms with E-state index in [1.807, 2.05) is 0 Å². The van der Waals surface area contributed by atoms with Gasteiger partial charge in [-0.3, -0.25) is 0 Å². The molecule has 0 amide bonds. The van der Waals surface area contributed by atoms with Gasteiger partial charge in [0.25, 0.3) is 0 Å². The molecule has 0 fully saturated rings. The molecule has 1 aliphatic heterocycles. The number of benzene rings is 1. The van der Waals surface area contributed by atoms with E-state index >= 15 is 0 Å². The van der Waals surface area contributed by atoms with Gasteiger partial charge in [0.1, 0.15) is 17.3 Å². The fourth-order valence-electron chi connectivity index (χ4n) is 1.79. The number of rotatable bonds is 1. The number of anilines is 1. The third-order valence-corrected chi connectivity index (χ3v) is 2.48. The van der Waals surface area contributed by atoms with Gasteiger partial charge >= 0.3 is 0 Å². The van der Waals surface area contributed by atoms with Gasteiger partial charge in [-0.05, 0) is 12.1 Å². The maximum absolute atomic E-state index is 13.4. The lowest BCUT2D eigenvalue weighted by Crippen LogP contribution is -2.12. The van der Waals surface area contributed by atoms with Crippen molar-refractivity contribution in [2.24, 2.45) is 0 Å². The molecule has 2 aromatic rings. The Balaban J connectivity index is 2.18. The Labute approximate surface area is 95.9 Å². The highest BCUT2D eigenvalue weighted by Gasteiger charge is 2.20. The molecule has 1 aromatic carbocycles. The van der Waals surface area contributed by atoms with Gasteiger partial charge in [0.2, 0.25) is 5.88 Å². The van der Waals surface area contributed by atoms with E-state index in [1.54, 1.807) is 0 Å². The third kappa shape index (κ3) is 1.72. The van der Waals surface area contributed by atoms with Crippen molar-refractivity contribution in [2.45, 2.75) is 6.61 Å². The molecule has 2 heterocycles. The molecule has 0 aliphatic carbocycles. The molecule has 5 nitrogen and oxygen atoms in total. The van der Waals surface area contributed by atoms with Crippen LogP contribution in [0.3, 0.4) is 0 Å². The Bertz CT molecular complexity index is 568. The molecular weight excluding hydrogens is 227 g/mol. The number of hydrogen-bond donors (Lipinski definition) is 1. The van der Waals surface area contributed by atoms with Gasteiger partial charge in [0, 0.05) is 17.2 Å². The molecule has 2 N–H and O–H groups in total. The molecule has 0 atom stereocenters. The van der Waals surface area contributed by atoms with Gasteiger partial charge in [0.05, 0.1) is 6.61 Å². The molecule has 3 rings (SSSR count). The summed E-state index contributed by atoms with van der Waals surface area (Å²) in [4.78, 5) is 0. The normalized spacial score (nSPS) is 14.2. The highest BCUT2D eigenvalue weighted by atomic mass is 19.1. The van der Waals surface area contributed by atoms with E-state index in [2.05, 4.69) is 5.16 Å². The van der Waals surface area contributed by atoms with E-state index in [1.165, 1.54) is 18.2 Å². The van der Waals surface area contributed by atoms with E-state index in [9.17, 15) is 4.39 Å². The van der Waals surface area contributed by atoms with Crippen LogP contribution in [0.4, 0.5) is 10.3 Å².